The fourth-order valence-electron chi connectivity index (χ4n) is 4.70. The minimum atomic E-state index is -0.494. The number of aromatic nitrogens is 6. The van der Waals surface area contributed by atoms with Crippen LogP contribution in [-0.2, 0) is 4.79 Å². The van der Waals surface area contributed by atoms with E-state index < -0.39 is 5.69 Å². The molecule has 0 unspecified atom stereocenters. The van der Waals surface area contributed by atoms with Crippen LogP contribution in [-0.4, -0.2) is 58.7 Å². The number of aromatic hydroxyl groups is 1. The van der Waals surface area contributed by atoms with Crippen molar-refractivity contribution in [2.45, 2.75) is 75.9 Å². The molecule has 3 aromatic rings. The van der Waals surface area contributed by atoms with Crippen LogP contribution in [0.3, 0.4) is 0 Å². The first-order valence-electron chi connectivity index (χ1n) is 12.4. The van der Waals surface area contributed by atoms with Crippen LogP contribution in [0.15, 0.2) is 16.0 Å². The maximum Gasteiger partial charge on any atom is 0.326 e. The Balaban J connectivity index is 1.23. The molecular formula is C23H29N9O3. The van der Waals surface area contributed by atoms with E-state index in [0.29, 0.717) is 22.4 Å². The molecule has 0 atom stereocenters. The van der Waals surface area contributed by atoms with E-state index in [1.165, 1.54) is 0 Å². The molecule has 3 fully saturated rings. The topological polar surface area (TPSA) is 165 Å². The van der Waals surface area contributed by atoms with Crippen LogP contribution in [0.5, 0.6) is 5.88 Å². The fourth-order valence-corrected chi connectivity index (χ4v) is 4.70. The first-order chi connectivity index (χ1) is 17.0. The van der Waals surface area contributed by atoms with Crippen LogP contribution in [0.4, 0.5) is 5.95 Å². The molecule has 3 saturated carbocycles. The van der Waals surface area contributed by atoms with Gasteiger partial charge < -0.3 is 20.7 Å². The zero-order chi connectivity index (χ0) is 23.9. The standard InChI is InChI=1S/C23H29N9O3/c33-19(12-2-1-3-12)25-14-4-6-15(7-5-14)26-21-29-18-13(10-17-20(34)30-23(35)28-17)11-24-32(18)22(31-21)27-16-8-9-16/h10-12,14-16,34H,1-9H2,(H,25,33)(H,26,27,31)(H2,28,30,35). The number of rotatable bonds is 6. The number of nitrogens with zero attached hydrogens (tertiary/aromatic N) is 5. The normalized spacial score (nSPS) is 24.0. The summed E-state index contributed by atoms with van der Waals surface area (Å²) in [5.41, 5.74) is 0.768. The first-order valence-corrected chi connectivity index (χ1v) is 12.4. The molecule has 35 heavy (non-hydrogen) atoms. The molecule has 1 amide bonds. The van der Waals surface area contributed by atoms with Gasteiger partial charge in [0.1, 0.15) is 5.69 Å². The van der Waals surface area contributed by atoms with Gasteiger partial charge in [-0.2, -0.15) is 19.6 Å². The number of carbonyl (C=O) groups is 1. The van der Waals surface area contributed by atoms with E-state index in [2.05, 4.69) is 30.7 Å². The second kappa shape index (κ2) is 8.82. The summed E-state index contributed by atoms with van der Waals surface area (Å²) in [5.74, 6) is 0.658. The average molecular weight is 480 g/mol. The Morgan fingerprint density at radius 2 is 1.86 bits per heavy atom. The summed E-state index contributed by atoms with van der Waals surface area (Å²) < 4.78 is 1.59. The van der Waals surface area contributed by atoms with Gasteiger partial charge in [0.2, 0.25) is 17.7 Å². The third kappa shape index (κ3) is 4.64. The molecule has 12 heteroatoms. The lowest BCUT2D eigenvalue weighted by atomic mass is 9.84. The van der Waals surface area contributed by atoms with Crippen molar-refractivity contribution in [2.24, 2.45) is 10.9 Å². The molecule has 0 saturated heterocycles. The van der Waals surface area contributed by atoms with Gasteiger partial charge in [-0.15, -0.1) is 0 Å². The number of nitrogens with one attached hydrogen (secondary N) is 4. The van der Waals surface area contributed by atoms with E-state index in [-0.39, 0.29) is 41.5 Å². The molecule has 3 heterocycles. The highest BCUT2D eigenvalue weighted by Gasteiger charge is 2.29. The quantitative estimate of drug-likeness (QED) is 0.334. The van der Waals surface area contributed by atoms with E-state index >= 15 is 0 Å². The lowest BCUT2D eigenvalue weighted by Gasteiger charge is -2.32. The van der Waals surface area contributed by atoms with Gasteiger partial charge in [-0.05, 0) is 57.4 Å². The molecule has 5 N–H and O–H groups in total. The Morgan fingerprint density at radius 1 is 1.09 bits per heavy atom. The van der Waals surface area contributed by atoms with Crippen molar-refractivity contribution in [3.05, 3.63) is 33.2 Å². The van der Waals surface area contributed by atoms with Crippen LogP contribution in [0.25, 0.3) is 11.7 Å². The number of aromatic amines is 2. The molecule has 0 bridgehead atoms. The van der Waals surface area contributed by atoms with E-state index in [9.17, 15) is 14.7 Å². The fraction of sp³-hybridized carbons (Fsp3) is 0.565. The number of imidazole rings is 1. The second-order valence-electron chi connectivity index (χ2n) is 9.86. The van der Waals surface area contributed by atoms with E-state index in [1.54, 1.807) is 16.8 Å². The third-order valence-electron chi connectivity index (χ3n) is 7.14. The zero-order valence-corrected chi connectivity index (χ0v) is 19.3. The molecule has 6 rings (SSSR count). The van der Waals surface area contributed by atoms with Gasteiger partial charge in [-0.25, -0.2) is 9.79 Å². The van der Waals surface area contributed by atoms with Gasteiger partial charge in [-0.1, -0.05) is 6.42 Å². The van der Waals surface area contributed by atoms with Crippen LogP contribution in [0, 0.1) is 5.92 Å². The maximum atomic E-state index is 12.3. The molecule has 0 aliphatic heterocycles. The molecule has 0 radical (unpaired) electrons. The van der Waals surface area contributed by atoms with Gasteiger partial charge in [-0.3, -0.25) is 9.78 Å². The Kier molecular flexibility index (Phi) is 5.50. The largest absolute Gasteiger partial charge is 0.493 e. The molecule has 184 valence electrons. The Hall–Kier alpha value is -3.70. The molecule has 3 aromatic heterocycles. The number of hydrogen-bond donors (Lipinski definition) is 5. The smallest absolute Gasteiger partial charge is 0.326 e. The van der Waals surface area contributed by atoms with E-state index in [0.717, 1.165) is 57.8 Å². The molecule has 3 aliphatic carbocycles. The summed E-state index contributed by atoms with van der Waals surface area (Å²) in [7, 11) is 0. The van der Waals surface area contributed by atoms with Crippen LogP contribution in [0.2, 0.25) is 0 Å². The van der Waals surface area contributed by atoms with Gasteiger partial charge >= 0.3 is 5.69 Å². The highest BCUT2D eigenvalue weighted by Crippen LogP contribution is 2.28. The summed E-state index contributed by atoms with van der Waals surface area (Å²) in [4.78, 5) is 42.7. The average Bonchev–Trinajstić information content (AvgIpc) is 3.42. The third-order valence-corrected chi connectivity index (χ3v) is 7.14. The second-order valence-corrected chi connectivity index (χ2v) is 9.86. The summed E-state index contributed by atoms with van der Waals surface area (Å²) in [6, 6.07) is 0.679. The zero-order valence-electron chi connectivity index (χ0n) is 19.3. The molecule has 12 nitrogen and oxygen atoms in total. The number of anilines is 1. The number of H-pyrrole nitrogens is 2. The predicted molar refractivity (Wildman–Crippen MR) is 126 cm³/mol. The first kappa shape index (κ1) is 21.8. The van der Waals surface area contributed by atoms with Crippen molar-refractivity contribution >= 4 is 23.6 Å². The Bertz CT molecular complexity index is 1420. The highest BCUT2D eigenvalue weighted by atomic mass is 16.3. The summed E-state index contributed by atoms with van der Waals surface area (Å²) >= 11 is 0. The van der Waals surface area contributed by atoms with Gasteiger partial charge in [0, 0.05) is 23.2 Å². The molecular weight excluding hydrogens is 450 g/mol. The summed E-state index contributed by atoms with van der Waals surface area (Å²) in [6.45, 7) is 0. The molecule has 3 aliphatic rings. The molecule has 0 spiro atoms. The maximum absolute atomic E-state index is 12.3. The van der Waals surface area contributed by atoms with Crippen molar-refractivity contribution in [3.8, 4) is 5.88 Å². The predicted octanol–water partition coefficient (Wildman–Crippen LogP) is 0.0965. The Labute approximate surface area is 200 Å². The van der Waals surface area contributed by atoms with Crippen molar-refractivity contribution in [3.63, 3.8) is 0 Å². The number of hydrogen-bond acceptors (Lipinski definition) is 8. The van der Waals surface area contributed by atoms with Crippen molar-refractivity contribution < 1.29 is 9.90 Å². The number of fused-ring (bicyclic) bond motifs is 1. The van der Waals surface area contributed by atoms with Gasteiger partial charge in [0.05, 0.1) is 12.2 Å². The summed E-state index contributed by atoms with van der Waals surface area (Å²) in [5, 5.41) is 21.6. The van der Waals surface area contributed by atoms with E-state index in [4.69, 9.17) is 9.98 Å². The van der Waals surface area contributed by atoms with Crippen molar-refractivity contribution in [1.29, 1.82) is 0 Å². The SMILES string of the molecule is O=C(NC1CCC(Nc2nc(=NC3CC3)n3ncc(=Cc4[nH]c(=O)[nH]c4O)c3n2)CC1)C1CCC1. The van der Waals surface area contributed by atoms with E-state index in [1.807, 2.05) is 0 Å². The highest BCUT2D eigenvalue weighted by molar-refractivity contribution is 5.79. The van der Waals surface area contributed by atoms with Crippen LogP contribution >= 0.6 is 0 Å². The minimum absolute atomic E-state index is 0.198. The van der Waals surface area contributed by atoms with Crippen molar-refractivity contribution in [2.75, 3.05) is 5.32 Å². The number of carbonyl (C=O) groups excluding carboxylic acids is 1. The monoisotopic (exact) mass is 479 g/mol. The van der Waals surface area contributed by atoms with Crippen molar-refractivity contribution in [1.82, 2.24) is 34.9 Å². The lowest BCUT2D eigenvalue weighted by molar-refractivity contribution is -0.128. The summed E-state index contributed by atoms with van der Waals surface area (Å²) in [6.07, 6.45) is 12.2. The Morgan fingerprint density at radius 3 is 2.51 bits per heavy atom. The van der Waals surface area contributed by atoms with Crippen LogP contribution < -0.4 is 27.2 Å². The molecule has 0 aromatic carbocycles. The van der Waals surface area contributed by atoms with Gasteiger partial charge in [0.15, 0.2) is 5.65 Å². The van der Waals surface area contributed by atoms with Gasteiger partial charge in [0.25, 0.3) is 5.62 Å². The number of amides is 1. The lowest BCUT2D eigenvalue weighted by Crippen LogP contribution is -2.44. The minimum Gasteiger partial charge on any atom is -0.493 e. The van der Waals surface area contributed by atoms with Crippen LogP contribution in [0.1, 0.15) is 63.5 Å².